The summed E-state index contributed by atoms with van der Waals surface area (Å²) in [6, 6.07) is 9.31. The number of nitrogens with one attached hydrogen (secondary N) is 3. The third kappa shape index (κ3) is 5.36. The molecule has 0 radical (unpaired) electrons. The number of hydrogen-bond acceptors (Lipinski definition) is 4. The molecule has 7 nitrogen and oxygen atoms in total. The Morgan fingerprint density at radius 2 is 1.75 bits per heavy atom. The van der Waals surface area contributed by atoms with Crippen molar-refractivity contribution in [1.82, 2.24) is 21.1 Å². The smallest absolute Gasteiger partial charge is 0.333 e. The molecule has 2 heterocycles. The lowest BCUT2D eigenvalue weighted by Gasteiger charge is -2.27. The fraction of sp³-hybridized carbons (Fsp3) is 0.429. The van der Waals surface area contributed by atoms with E-state index < -0.39 is 11.9 Å². The first-order chi connectivity index (χ1) is 13.5. The van der Waals surface area contributed by atoms with Gasteiger partial charge in [-0.25, -0.2) is 10.2 Å². The summed E-state index contributed by atoms with van der Waals surface area (Å²) in [6.45, 7) is 7.03. The van der Waals surface area contributed by atoms with Crippen molar-refractivity contribution in [3.05, 3.63) is 58.5 Å². The molecule has 2 aromatic rings. The molecule has 1 fully saturated rings. The largest absolute Gasteiger partial charge is 0.466 e. The van der Waals surface area contributed by atoms with Crippen LogP contribution in [0.25, 0.3) is 0 Å². The Kier molecular flexibility index (Phi) is 6.71. The second kappa shape index (κ2) is 9.41. The van der Waals surface area contributed by atoms with E-state index in [1.807, 2.05) is 18.2 Å². The van der Waals surface area contributed by atoms with Gasteiger partial charge in [0.25, 0.3) is 5.91 Å². The van der Waals surface area contributed by atoms with Crippen LogP contribution in [0.2, 0.25) is 0 Å². The molecule has 0 aliphatic carbocycles. The number of urea groups is 1. The number of hydrogen-bond donors (Lipinski definition) is 3. The normalized spacial score (nSPS) is 14.5. The molecule has 0 spiro atoms. The minimum atomic E-state index is -0.459. The molecule has 0 unspecified atom stereocenters. The molecule has 150 valence electrons. The van der Waals surface area contributed by atoms with E-state index in [0.717, 1.165) is 25.2 Å². The molecule has 3 amide bonds. The summed E-state index contributed by atoms with van der Waals surface area (Å²) in [7, 11) is 0. The maximum absolute atomic E-state index is 12.1. The summed E-state index contributed by atoms with van der Waals surface area (Å²) in [5.74, 6) is 0.760. The SMILES string of the molecule is Cc1cc(C(=O)NNC(=O)NCc2ccccc2CN2CCCCC2)c(C)o1. The van der Waals surface area contributed by atoms with Crippen molar-refractivity contribution in [2.24, 2.45) is 0 Å². The monoisotopic (exact) mass is 384 g/mol. The number of carbonyl (C=O) groups is 2. The van der Waals surface area contributed by atoms with Gasteiger partial charge in [-0.15, -0.1) is 0 Å². The standard InChI is InChI=1S/C21H28N4O3/c1-15-12-19(16(2)28-15)20(26)23-24-21(27)22-13-17-8-4-5-9-18(17)14-25-10-6-3-7-11-25/h4-5,8-9,12H,3,6-7,10-11,13-14H2,1-2H3,(H,23,26)(H2,22,24,27). The summed E-state index contributed by atoms with van der Waals surface area (Å²) in [5, 5.41) is 2.80. The lowest BCUT2D eigenvalue weighted by atomic mass is 10.0. The van der Waals surface area contributed by atoms with E-state index in [1.165, 1.54) is 24.8 Å². The highest BCUT2D eigenvalue weighted by molar-refractivity contribution is 5.96. The molecule has 3 rings (SSSR count). The molecule has 0 atom stereocenters. The lowest BCUT2D eigenvalue weighted by Crippen LogP contribution is -2.46. The average Bonchev–Trinajstić information content (AvgIpc) is 3.04. The Bertz CT molecular complexity index is 825. The van der Waals surface area contributed by atoms with Crippen molar-refractivity contribution in [1.29, 1.82) is 0 Å². The number of likely N-dealkylation sites (tertiary alicyclic amines) is 1. The zero-order valence-corrected chi connectivity index (χ0v) is 16.5. The van der Waals surface area contributed by atoms with Crippen LogP contribution < -0.4 is 16.2 Å². The molecule has 1 aromatic carbocycles. The highest BCUT2D eigenvalue weighted by Gasteiger charge is 2.15. The van der Waals surface area contributed by atoms with Crippen LogP contribution in [0.1, 0.15) is 52.3 Å². The van der Waals surface area contributed by atoms with E-state index in [1.54, 1.807) is 19.9 Å². The molecule has 0 saturated carbocycles. The first-order valence-electron chi connectivity index (χ1n) is 9.73. The van der Waals surface area contributed by atoms with Gasteiger partial charge in [0.2, 0.25) is 0 Å². The quantitative estimate of drug-likeness (QED) is 0.692. The van der Waals surface area contributed by atoms with Crippen LogP contribution in [0.15, 0.2) is 34.7 Å². The number of piperidine rings is 1. The minimum Gasteiger partial charge on any atom is -0.466 e. The van der Waals surface area contributed by atoms with E-state index in [9.17, 15) is 9.59 Å². The van der Waals surface area contributed by atoms with Gasteiger partial charge < -0.3 is 9.73 Å². The van der Waals surface area contributed by atoms with Crippen LogP contribution in [0.4, 0.5) is 4.79 Å². The Balaban J connectivity index is 1.49. The predicted octanol–water partition coefficient (Wildman–Crippen LogP) is 3.03. The van der Waals surface area contributed by atoms with Gasteiger partial charge in [-0.3, -0.25) is 15.1 Å². The highest BCUT2D eigenvalue weighted by atomic mass is 16.3. The molecular weight excluding hydrogens is 356 g/mol. The second-order valence-electron chi connectivity index (χ2n) is 7.19. The molecule has 1 aromatic heterocycles. The van der Waals surface area contributed by atoms with Gasteiger partial charge in [0.05, 0.1) is 5.56 Å². The van der Waals surface area contributed by atoms with Gasteiger partial charge in [-0.2, -0.15) is 0 Å². The van der Waals surface area contributed by atoms with Gasteiger partial charge in [0.1, 0.15) is 11.5 Å². The van der Waals surface area contributed by atoms with Crippen molar-refractivity contribution in [3.8, 4) is 0 Å². The topological polar surface area (TPSA) is 86.6 Å². The first-order valence-corrected chi connectivity index (χ1v) is 9.73. The minimum absolute atomic E-state index is 0.398. The summed E-state index contributed by atoms with van der Waals surface area (Å²) in [4.78, 5) is 26.6. The third-order valence-corrected chi connectivity index (χ3v) is 4.98. The zero-order valence-electron chi connectivity index (χ0n) is 16.5. The van der Waals surface area contributed by atoms with Gasteiger partial charge in [-0.05, 0) is 57.0 Å². The van der Waals surface area contributed by atoms with E-state index in [2.05, 4.69) is 27.1 Å². The van der Waals surface area contributed by atoms with Crippen molar-refractivity contribution >= 4 is 11.9 Å². The van der Waals surface area contributed by atoms with E-state index in [0.29, 0.717) is 23.6 Å². The molecule has 1 saturated heterocycles. The molecule has 7 heteroatoms. The van der Waals surface area contributed by atoms with Crippen LogP contribution >= 0.6 is 0 Å². The van der Waals surface area contributed by atoms with Gasteiger partial charge in [0, 0.05) is 13.1 Å². The Labute approximate surface area is 165 Å². The van der Waals surface area contributed by atoms with Gasteiger partial charge >= 0.3 is 6.03 Å². The van der Waals surface area contributed by atoms with Crippen LogP contribution in [0.5, 0.6) is 0 Å². The van der Waals surface area contributed by atoms with E-state index >= 15 is 0 Å². The summed E-state index contributed by atoms with van der Waals surface area (Å²) >= 11 is 0. The van der Waals surface area contributed by atoms with E-state index in [-0.39, 0.29) is 0 Å². The summed E-state index contributed by atoms with van der Waals surface area (Å²) < 4.78 is 5.33. The molecular formula is C21H28N4O3. The van der Waals surface area contributed by atoms with Crippen molar-refractivity contribution in [2.75, 3.05) is 13.1 Å². The van der Waals surface area contributed by atoms with Crippen LogP contribution in [0, 0.1) is 13.8 Å². The van der Waals surface area contributed by atoms with Crippen molar-refractivity contribution in [3.63, 3.8) is 0 Å². The maximum atomic E-state index is 12.1. The molecule has 1 aliphatic heterocycles. The molecule has 0 bridgehead atoms. The Morgan fingerprint density at radius 3 is 2.43 bits per heavy atom. The van der Waals surface area contributed by atoms with E-state index in [4.69, 9.17) is 4.42 Å². The fourth-order valence-electron chi connectivity index (χ4n) is 3.50. The van der Waals surface area contributed by atoms with Gasteiger partial charge in [0.15, 0.2) is 0 Å². The first kappa shape index (κ1) is 19.9. The third-order valence-electron chi connectivity index (χ3n) is 4.98. The Hall–Kier alpha value is -2.80. The Morgan fingerprint density at radius 1 is 1.04 bits per heavy atom. The maximum Gasteiger partial charge on any atom is 0.333 e. The van der Waals surface area contributed by atoms with Crippen LogP contribution in [-0.2, 0) is 13.1 Å². The number of aryl methyl sites for hydroxylation is 2. The van der Waals surface area contributed by atoms with Crippen molar-refractivity contribution < 1.29 is 14.0 Å². The molecule has 1 aliphatic rings. The zero-order chi connectivity index (χ0) is 19.9. The molecule has 3 N–H and O–H groups in total. The van der Waals surface area contributed by atoms with Crippen LogP contribution in [-0.4, -0.2) is 29.9 Å². The number of furan rings is 1. The number of benzene rings is 1. The summed E-state index contributed by atoms with van der Waals surface area (Å²) in [6.07, 6.45) is 3.81. The predicted molar refractivity (Wildman–Crippen MR) is 107 cm³/mol. The van der Waals surface area contributed by atoms with Crippen LogP contribution in [0.3, 0.4) is 0 Å². The number of nitrogens with zero attached hydrogens (tertiary/aromatic N) is 1. The fourth-order valence-corrected chi connectivity index (χ4v) is 3.50. The molecule has 28 heavy (non-hydrogen) atoms. The van der Waals surface area contributed by atoms with Gasteiger partial charge in [-0.1, -0.05) is 30.7 Å². The lowest BCUT2D eigenvalue weighted by molar-refractivity contribution is 0.0934. The number of amides is 3. The number of carbonyl (C=O) groups excluding carboxylic acids is 2. The number of hydrazine groups is 1. The summed E-state index contributed by atoms with van der Waals surface area (Å²) in [5.41, 5.74) is 7.49. The average molecular weight is 384 g/mol. The van der Waals surface area contributed by atoms with Crippen molar-refractivity contribution in [2.45, 2.75) is 46.2 Å². The number of rotatable bonds is 5. The highest BCUT2D eigenvalue weighted by Crippen LogP contribution is 2.16. The second-order valence-corrected chi connectivity index (χ2v) is 7.19.